The second kappa shape index (κ2) is 7.85. The van der Waals surface area contributed by atoms with Crippen LogP contribution >= 0.6 is 0 Å². The molecule has 1 aromatic rings. The molecule has 0 aromatic heterocycles. The van der Waals surface area contributed by atoms with Crippen LogP contribution in [-0.4, -0.2) is 67.8 Å². The summed E-state index contributed by atoms with van der Waals surface area (Å²) in [6.45, 7) is 2.49. The van der Waals surface area contributed by atoms with E-state index in [0.29, 0.717) is 24.5 Å². The third-order valence-corrected chi connectivity index (χ3v) is 3.80. The zero-order valence-corrected chi connectivity index (χ0v) is 13.6. The largest absolute Gasteiger partial charge is 0.491 e. The van der Waals surface area contributed by atoms with Crippen molar-refractivity contribution in [1.82, 2.24) is 9.80 Å². The SMILES string of the molecule is Cc1ccc(OCCN)c(C(=O)N2CCN(CC(F)(F)F)CC2)c1. The molecular formula is C16H22F3N3O2. The molecule has 0 bridgehead atoms. The van der Waals surface area contributed by atoms with Crippen LogP contribution in [0.4, 0.5) is 13.2 Å². The van der Waals surface area contributed by atoms with Crippen LogP contribution in [0.25, 0.3) is 0 Å². The fourth-order valence-electron chi connectivity index (χ4n) is 2.64. The minimum atomic E-state index is -4.22. The summed E-state index contributed by atoms with van der Waals surface area (Å²) in [5, 5.41) is 0. The van der Waals surface area contributed by atoms with Gasteiger partial charge in [-0.05, 0) is 19.1 Å². The van der Waals surface area contributed by atoms with Gasteiger partial charge in [0, 0.05) is 32.7 Å². The number of amides is 1. The number of rotatable bonds is 5. The summed E-state index contributed by atoms with van der Waals surface area (Å²) in [7, 11) is 0. The molecule has 1 fully saturated rings. The average Bonchev–Trinajstić information content (AvgIpc) is 2.52. The number of nitrogens with zero attached hydrogens (tertiary/aromatic N) is 2. The van der Waals surface area contributed by atoms with Crippen molar-refractivity contribution in [3.8, 4) is 5.75 Å². The van der Waals surface area contributed by atoms with Gasteiger partial charge in [-0.25, -0.2) is 0 Å². The van der Waals surface area contributed by atoms with Crippen LogP contribution in [0.2, 0.25) is 0 Å². The predicted molar refractivity (Wildman–Crippen MR) is 84.1 cm³/mol. The highest BCUT2D eigenvalue weighted by atomic mass is 19.4. The summed E-state index contributed by atoms with van der Waals surface area (Å²) in [4.78, 5) is 15.6. The van der Waals surface area contributed by atoms with Crippen molar-refractivity contribution in [3.05, 3.63) is 29.3 Å². The lowest BCUT2D eigenvalue weighted by atomic mass is 10.1. The number of aryl methyl sites for hydroxylation is 1. The molecule has 1 saturated heterocycles. The monoisotopic (exact) mass is 345 g/mol. The Labute approximate surface area is 139 Å². The number of piperazine rings is 1. The molecule has 1 aromatic carbocycles. The first-order chi connectivity index (χ1) is 11.3. The Kier molecular flexibility index (Phi) is 6.06. The van der Waals surface area contributed by atoms with Crippen LogP contribution in [0.15, 0.2) is 18.2 Å². The molecule has 0 aliphatic carbocycles. The number of benzene rings is 1. The normalized spacial score (nSPS) is 16.3. The molecule has 134 valence electrons. The number of ether oxygens (including phenoxy) is 1. The lowest BCUT2D eigenvalue weighted by molar-refractivity contribution is -0.148. The molecular weight excluding hydrogens is 323 g/mol. The van der Waals surface area contributed by atoms with E-state index >= 15 is 0 Å². The number of alkyl halides is 3. The molecule has 5 nitrogen and oxygen atoms in total. The highest BCUT2D eigenvalue weighted by Gasteiger charge is 2.33. The van der Waals surface area contributed by atoms with Gasteiger partial charge >= 0.3 is 6.18 Å². The molecule has 0 atom stereocenters. The Hall–Kier alpha value is -1.80. The van der Waals surface area contributed by atoms with E-state index in [1.54, 1.807) is 17.0 Å². The zero-order chi connectivity index (χ0) is 17.7. The number of hydrogen-bond acceptors (Lipinski definition) is 4. The van der Waals surface area contributed by atoms with Crippen LogP contribution in [0.3, 0.4) is 0 Å². The Bertz CT molecular complexity index is 570. The van der Waals surface area contributed by atoms with E-state index < -0.39 is 12.7 Å². The van der Waals surface area contributed by atoms with Crippen molar-refractivity contribution in [1.29, 1.82) is 0 Å². The summed E-state index contributed by atoms with van der Waals surface area (Å²) in [5.41, 5.74) is 6.76. The average molecular weight is 345 g/mol. The van der Waals surface area contributed by atoms with E-state index in [4.69, 9.17) is 10.5 Å². The Morgan fingerprint density at radius 3 is 2.50 bits per heavy atom. The van der Waals surface area contributed by atoms with Gasteiger partial charge in [0.2, 0.25) is 0 Å². The maximum Gasteiger partial charge on any atom is 0.401 e. The third-order valence-electron chi connectivity index (χ3n) is 3.80. The summed E-state index contributed by atoms with van der Waals surface area (Å²) >= 11 is 0. The smallest absolute Gasteiger partial charge is 0.401 e. The fourth-order valence-corrected chi connectivity index (χ4v) is 2.64. The maximum atomic E-state index is 12.7. The number of carbonyl (C=O) groups excluding carboxylic acids is 1. The first-order valence-electron chi connectivity index (χ1n) is 7.82. The highest BCUT2D eigenvalue weighted by Crippen LogP contribution is 2.23. The highest BCUT2D eigenvalue weighted by molar-refractivity contribution is 5.97. The van der Waals surface area contributed by atoms with E-state index in [1.807, 2.05) is 13.0 Å². The minimum Gasteiger partial charge on any atom is -0.491 e. The molecule has 0 spiro atoms. The van der Waals surface area contributed by atoms with E-state index in [9.17, 15) is 18.0 Å². The maximum absolute atomic E-state index is 12.7. The zero-order valence-electron chi connectivity index (χ0n) is 13.6. The van der Waals surface area contributed by atoms with Gasteiger partial charge in [-0.1, -0.05) is 11.6 Å². The molecule has 0 unspecified atom stereocenters. The lowest BCUT2D eigenvalue weighted by Gasteiger charge is -2.35. The molecule has 1 aliphatic rings. The minimum absolute atomic E-state index is 0.204. The Morgan fingerprint density at radius 2 is 1.92 bits per heavy atom. The van der Waals surface area contributed by atoms with Crippen LogP contribution < -0.4 is 10.5 Å². The van der Waals surface area contributed by atoms with E-state index in [2.05, 4.69) is 0 Å². The van der Waals surface area contributed by atoms with Crippen molar-refractivity contribution in [2.45, 2.75) is 13.1 Å². The molecule has 1 heterocycles. The Morgan fingerprint density at radius 1 is 1.25 bits per heavy atom. The second-order valence-corrected chi connectivity index (χ2v) is 5.82. The summed E-state index contributed by atoms with van der Waals surface area (Å²) in [5.74, 6) is 0.228. The number of halogens is 3. The molecule has 2 N–H and O–H groups in total. The molecule has 8 heteroatoms. The van der Waals surface area contributed by atoms with Gasteiger partial charge in [-0.3, -0.25) is 9.69 Å². The molecule has 1 amide bonds. The van der Waals surface area contributed by atoms with Gasteiger partial charge in [-0.2, -0.15) is 13.2 Å². The molecule has 24 heavy (non-hydrogen) atoms. The van der Waals surface area contributed by atoms with Crippen molar-refractivity contribution in [3.63, 3.8) is 0 Å². The third kappa shape index (κ3) is 5.10. The standard InChI is InChI=1S/C16H22F3N3O2/c1-12-2-3-14(24-9-4-20)13(10-12)15(23)22-7-5-21(6-8-22)11-16(17,18)19/h2-3,10H,4-9,11,20H2,1H3. The van der Waals surface area contributed by atoms with E-state index in [0.717, 1.165) is 5.56 Å². The van der Waals surface area contributed by atoms with Crippen molar-refractivity contribution in [2.24, 2.45) is 5.73 Å². The number of nitrogens with two attached hydrogens (primary N) is 1. The van der Waals surface area contributed by atoms with Crippen LogP contribution in [0, 0.1) is 6.92 Å². The first kappa shape index (κ1) is 18.5. The van der Waals surface area contributed by atoms with Gasteiger partial charge in [0.25, 0.3) is 5.91 Å². The van der Waals surface area contributed by atoms with Crippen molar-refractivity contribution < 1.29 is 22.7 Å². The number of carbonyl (C=O) groups is 1. The van der Waals surface area contributed by atoms with Gasteiger partial charge in [-0.15, -0.1) is 0 Å². The quantitative estimate of drug-likeness (QED) is 0.882. The molecule has 0 saturated carbocycles. The topological polar surface area (TPSA) is 58.8 Å². The van der Waals surface area contributed by atoms with Gasteiger partial charge < -0.3 is 15.4 Å². The Balaban J connectivity index is 2.03. The summed E-state index contributed by atoms with van der Waals surface area (Å²) in [6.07, 6.45) is -4.22. The summed E-state index contributed by atoms with van der Waals surface area (Å²) in [6, 6.07) is 5.29. The lowest BCUT2D eigenvalue weighted by Crippen LogP contribution is -2.51. The molecule has 1 aliphatic heterocycles. The predicted octanol–water partition coefficient (Wildman–Crippen LogP) is 1.65. The van der Waals surface area contributed by atoms with Crippen LogP contribution in [0.5, 0.6) is 5.75 Å². The summed E-state index contributed by atoms with van der Waals surface area (Å²) < 4.78 is 42.8. The molecule has 2 rings (SSSR count). The molecule has 0 radical (unpaired) electrons. The number of hydrogen-bond donors (Lipinski definition) is 1. The van der Waals surface area contributed by atoms with Crippen LogP contribution in [0.1, 0.15) is 15.9 Å². The van der Waals surface area contributed by atoms with Gasteiger partial charge in [0.1, 0.15) is 12.4 Å². The second-order valence-electron chi connectivity index (χ2n) is 5.82. The van der Waals surface area contributed by atoms with Gasteiger partial charge in [0.15, 0.2) is 0 Å². The van der Waals surface area contributed by atoms with E-state index in [1.165, 1.54) is 4.90 Å². The van der Waals surface area contributed by atoms with Crippen molar-refractivity contribution >= 4 is 5.91 Å². The van der Waals surface area contributed by atoms with Crippen molar-refractivity contribution in [2.75, 3.05) is 45.9 Å². The van der Waals surface area contributed by atoms with E-state index in [-0.39, 0.29) is 32.1 Å². The fraction of sp³-hybridized carbons (Fsp3) is 0.562. The van der Waals surface area contributed by atoms with Crippen LogP contribution in [-0.2, 0) is 0 Å². The first-order valence-corrected chi connectivity index (χ1v) is 7.82. The van der Waals surface area contributed by atoms with Gasteiger partial charge in [0.05, 0.1) is 12.1 Å².